The molecule has 2 aromatic rings. The topological polar surface area (TPSA) is 29.1 Å². The molecule has 2 aromatic carbocycles. The molecule has 1 unspecified atom stereocenters. The molecule has 1 amide bonds. The first-order valence-corrected chi connectivity index (χ1v) is 7.74. The van der Waals surface area contributed by atoms with Crippen LogP contribution in [0.15, 0.2) is 46.9 Å². The van der Waals surface area contributed by atoms with Gasteiger partial charge in [-0.3, -0.25) is 4.79 Å². The van der Waals surface area contributed by atoms with E-state index < -0.39 is 11.6 Å². The van der Waals surface area contributed by atoms with E-state index in [9.17, 15) is 13.6 Å². The zero-order chi connectivity index (χ0) is 16.1. The summed E-state index contributed by atoms with van der Waals surface area (Å²) in [7, 11) is 0. The van der Waals surface area contributed by atoms with Crippen molar-refractivity contribution < 1.29 is 13.6 Å². The molecule has 0 spiro atoms. The maximum Gasteiger partial charge on any atom is 0.220 e. The lowest BCUT2D eigenvalue weighted by molar-refractivity contribution is -0.121. The third kappa shape index (κ3) is 4.37. The Labute approximate surface area is 136 Å². The Bertz CT molecular complexity index is 675. The van der Waals surface area contributed by atoms with Crippen molar-refractivity contribution >= 4 is 21.8 Å². The summed E-state index contributed by atoms with van der Waals surface area (Å²) in [6.07, 6.45) is 0.271. The summed E-state index contributed by atoms with van der Waals surface area (Å²) >= 11 is 3.44. The number of benzene rings is 2. The molecular weight excluding hydrogens is 352 g/mol. The SMILES string of the molecule is CC(NC(=O)CCc1cc(F)ccc1F)c1ccccc1Br. The molecule has 0 aliphatic carbocycles. The fraction of sp³-hybridized carbons (Fsp3) is 0.235. The molecule has 116 valence electrons. The predicted molar refractivity (Wildman–Crippen MR) is 85.4 cm³/mol. The molecule has 0 aromatic heterocycles. The van der Waals surface area contributed by atoms with Crippen LogP contribution in [0.1, 0.15) is 30.5 Å². The molecule has 0 bridgehead atoms. The smallest absolute Gasteiger partial charge is 0.220 e. The lowest BCUT2D eigenvalue weighted by atomic mass is 10.1. The van der Waals surface area contributed by atoms with Crippen molar-refractivity contribution in [1.29, 1.82) is 0 Å². The van der Waals surface area contributed by atoms with Crippen molar-refractivity contribution in [2.24, 2.45) is 0 Å². The number of carbonyl (C=O) groups is 1. The maximum absolute atomic E-state index is 13.5. The van der Waals surface area contributed by atoms with Crippen LogP contribution in [0.25, 0.3) is 0 Å². The molecule has 5 heteroatoms. The Hall–Kier alpha value is -1.75. The number of carbonyl (C=O) groups excluding carboxylic acids is 1. The number of hydrogen-bond acceptors (Lipinski definition) is 1. The van der Waals surface area contributed by atoms with E-state index in [2.05, 4.69) is 21.2 Å². The Morgan fingerprint density at radius 2 is 1.95 bits per heavy atom. The van der Waals surface area contributed by atoms with Gasteiger partial charge in [0, 0.05) is 10.9 Å². The Kier molecular flexibility index (Phi) is 5.66. The lowest BCUT2D eigenvalue weighted by Crippen LogP contribution is -2.27. The molecule has 22 heavy (non-hydrogen) atoms. The predicted octanol–water partition coefficient (Wildman–Crippen LogP) is 4.54. The van der Waals surface area contributed by atoms with E-state index in [0.29, 0.717) is 0 Å². The van der Waals surface area contributed by atoms with Gasteiger partial charge >= 0.3 is 0 Å². The van der Waals surface area contributed by atoms with Crippen molar-refractivity contribution in [2.45, 2.75) is 25.8 Å². The van der Waals surface area contributed by atoms with Gasteiger partial charge in [-0.15, -0.1) is 0 Å². The van der Waals surface area contributed by atoms with E-state index in [4.69, 9.17) is 0 Å². The van der Waals surface area contributed by atoms with E-state index in [1.807, 2.05) is 31.2 Å². The molecule has 1 N–H and O–H groups in total. The molecule has 0 fully saturated rings. The van der Waals surface area contributed by atoms with Crippen LogP contribution in [0.3, 0.4) is 0 Å². The van der Waals surface area contributed by atoms with Gasteiger partial charge in [0.15, 0.2) is 0 Å². The molecule has 0 aliphatic rings. The van der Waals surface area contributed by atoms with Crippen molar-refractivity contribution in [3.8, 4) is 0 Å². The maximum atomic E-state index is 13.5. The van der Waals surface area contributed by atoms with E-state index in [1.165, 1.54) is 0 Å². The van der Waals surface area contributed by atoms with Crippen molar-refractivity contribution in [3.63, 3.8) is 0 Å². The zero-order valence-electron chi connectivity index (χ0n) is 12.1. The third-order valence-corrected chi connectivity index (χ3v) is 4.10. The fourth-order valence-corrected chi connectivity index (χ4v) is 2.83. The number of halogens is 3. The molecule has 2 rings (SSSR count). The number of nitrogens with one attached hydrogen (secondary N) is 1. The minimum atomic E-state index is -0.501. The highest BCUT2D eigenvalue weighted by atomic mass is 79.9. The van der Waals surface area contributed by atoms with E-state index in [0.717, 1.165) is 28.2 Å². The monoisotopic (exact) mass is 367 g/mol. The molecule has 2 nitrogen and oxygen atoms in total. The van der Waals surface area contributed by atoms with Crippen LogP contribution in [-0.4, -0.2) is 5.91 Å². The van der Waals surface area contributed by atoms with Gasteiger partial charge in [0.2, 0.25) is 5.91 Å². The average molecular weight is 368 g/mol. The highest BCUT2D eigenvalue weighted by Gasteiger charge is 2.13. The van der Waals surface area contributed by atoms with Crippen LogP contribution < -0.4 is 5.32 Å². The van der Waals surface area contributed by atoms with Crippen LogP contribution in [-0.2, 0) is 11.2 Å². The molecule has 0 saturated carbocycles. The number of hydrogen-bond donors (Lipinski definition) is 1. The van der Waals surface area contributed by atoms with Gasteiger partial charge in [0.1, 0.15) is 11.6 Å². The summed E-state index contributed by atoms with van der Waals surface area (Å²) in [5.74, 6) is -1.20. The Morgan fingerprint density at radius 3 is 2.68 bits per heavy atom. The largest absolute Gasteiger partial charge is 0.350 e. The van der Waals surface area contributed by atoms with E-state index in [1.54, 1.807) is 0 Å². The summed E-state index contributed by atoms with van der Waals surface area (Å²) in [5, 5.41) is 2.86. The Morgan fingerprint density at radius 1 is 1.23 bits per heavy atom. The standard InChI is InChI=1S/C17H16BrF2NO/c1-11(14-4-2-3-5-15(14)18)21-17(22)9-6-12-10-13(19)7-8-16(12)20/h2-5,7-8,10-11H,6,9H2,1H3,(H,21,22). The number of amides is 1. The number of rotatable bonds is 5. The van der Waals surface area contributed by atoms with Gasteiger partial charge in [-0.1, -0.05) is 34.1 Å². The van der Waals surface area contributed by atoms with E-state index in [-0.39, 0.29) is 30.4 Å². The quantitative estimate of drug-likeness (QED) is 0.825. The second-order valence-electron chi connectivity index (χ2n) is 5.05. The molecule has 0 radical (unpaired) electrons. The van der Waals surface area contributed by atoms with Crippen LogP contribution >= 0.6 is 15.9 Å². The molecule has 0 aliphatic heterocycles. The highest BCUT2D eigenvalue weighted by Crippen LogP contribution is 2.22. The van der Waals surface area contributed by atoms with Gasteiger partial charge in [-0.25, -0.2) is 8.78 Å². The van der Waals surface area contributed by atoms with Gasteiger partial charge in [-0.05, 0) is 48.7 Å². The van der Waals surface area contributed by atoms with Crippen LogP contribution in [0.4, 0.5) is 8.78 Å². The molecule has 0 saturated heterocycles. The van der Waals surface area contributed by atoms with Gasteiger partial charge in [0.25, 0.3) is 0 Å². The summed E-state index contributed by atoms with van der Waals surface area (Å²) in [6.45, 7) is 1.88. The van der Waals surface area contributed by atoms with Crippen molar-refractivity contribution in [2.75, 3.05) is 0 Å². The summed E-state index contributed by atoms with van der Waals surface area (Å²) < 4.78 is 27.5. The lowest BCUT2D eigenvalue weighted by Gasteiger charge is -2.16. The van der Waals surface area contributed by atoms with Crippen LogP contribution in [0, 0.1) is 11.6 Å². The summed E-state index contributed by atoms with van der Waals surface area (Å²) in [6, 6.07) is 10.7. The summed E-state index contributed by atoms with van der Waals surface area (Å²) in [4.78, 5) is 12.0. The van der Waals surface area contributed by atoms with Crippen molar-refractivity contribution in [3.05, 3.63) is 69.7 Å². The van der Waals surface area contributed by atoms with E-state index >= 15 is 0 Å². The van der Waals surface area contributed by atoms with Crippen molar-refractivity contribution in [1.82, 2.24) is 5.32 Å². The molecule has 0 heterocycles. The van der Waals surface area contributed by atoms with Crippen LogP contribution in [0.5, 0.6) is 0 Å². The normalized spacial score (nSPS) is 12.0. The second-order valence-corrected chi connectivity index (χ2v) is 5.90. The minimum Gasteiger partial charge on any atom is -0.350 e. The minimum absolute atomic E-state index is 0.106. The van der Waals surface area contributed by atoms with Gasteiger partial charge in [0.05, 0.1) is 6.04 Å². The summed E-state index contributed by atoms with van der Waals surface area (Å²) in [5.41, 5.74) is 1.18. The third-order valence-electron chi connectivity index (χ3n) is 3.38. The Balaban J connectivity index is 1.93. The fourth-order valence-electron chi connectivity index (χ4n) is 2.20. The van der Waals surface area contributed by atoms with Crippen LogP contribution in [0.2, 0.25) is 0 Å². The zero-order valence-corrected chi connectivity index (χ0v) is 13.7. The average Bonchev–Trinajstić information content (AvgIpc) is 2.48. The van der Waals surface area contributed by atoms with Gasteiger partial charge < -0.3 is 5.32 Å². The first kappa shape index (κ1) is 16.6. The number of aryl methyl sites for hydroxylation is 1. The van der Waals surface area contributed by atoms with Gasteiger partial charge in [-0.2, -0.15) is 0 Å². The molecular formula is C17H16BrF2NO. The molecule has 1 atom stereocenters. The second kappa shape index (κ2) is 7.49. The highest BCUT2D eigenvalue weighted by molar-refractivity contribution is 9.10. The first-order valence-electron chi connectivity index (χ1n) is 6.95. The first-order chi connectivity index (χ1) is 10.5.